The molecule has 0 heterocycles. The van der Waals surface area contributed by atoms with Gasteiger partial charge >= 0.3 is 0 Å². The quantitative estimate of drug-likeness (QED) is 0.822. The third kappa shape index (κ3) is 2.63. The maximum atomic E-state index is 5.80. The minimum absolute atomic E-state index is 0.491. The molecule has 1 saturated carbocycles. The summed E-state index contributed by atoms with van der Waals surface area (Å²) in [4.78, 5) is 2.57. The summed E-state index contributed by atoms with van der Waals surface area (Å²) in [6.07, 6.45) is 4.07. The van der Waals surface area contributed by atoms with E-state index in [2.05, 4.69) is 42.2 Å². The SMILES string of the molecule is CC(CN)N(Cc1ccccc1)C1CCC1. The molecule has 0 aromatic heterocycles. The van der Waals surface area contributed by atoms with Crippen molar-refractivity contribution in [3.8, 4) is 0 Å². The van der Waals surface area contributed by atoms with Gasteiger partial charge in [0, 0.05) is 25.2 Å². The molecular formula is C14H22N2. The van der Waals surface area contributed by atoms with Crippen LogP contribution in [-0.2, 0) is 6.54 Å². The van der Waals surface area contributed by atoms with Gasteiger partial charge < -0.3 is 5.73 Å². The van der Waals surface area contributed by atoms with Gasteiger partial charge in [0.25, 0.3) is 0 Å². The minimum Gasteiger partial charge on any atom is -0.329 e. The lowest BCUT2D eigenvalue weighted by Crippen LogP contribution is -2.47. The zero-order valence-corrected chi connectivity index (χ0v) is 10.1. The summed E-state index contributed by atoms with van der Waals surface area (Å²) in [6, 6.07) is 12.0. The lowest BCUT2D eigenvalue weighted by Gasteiger charge is -2.41. The molecule has 1 aromatic carbocycles. The lowest BCUT2D eigenvalue weighted by molar-refractivity contribution is 0.0821. The molecule has 1 aromatic rings. The second-order valence-electron chi connectivity index (χ2n) is 4.83. The molecule has 0 bridgehead atoms. The van der Waals surface area contributed by atoms with E-state index in [0.29, 0.717) is 6.04 Å². The largest absolute Gasteiger partial charge is 0.329 e. The molecular weight excluding hydrogens is 196 g/mol. The molecule has 2 rings (SSSR count). The zero-order chi connectivity index (χ0) is 11.4. The minimum atomic E-state index is 0.491. The van der Waals surface area contributed by atoms with Crippen LogP contribution in [0.4, 0.5) is 0 Å². The van der Waals surface area contributed by atoms with Gasteiger partial charge in [-0.25, -0.2) is 0 Å². The first-order chi connectivity index (χ1) is 7.81. The Labute approximate surface area is 98.4 Å². The molecule has 0 aliphatic heterocycles. The van der Waals surface area contributed by atoms with Crippen LogP contribution in [0.2, 0.25) is 0 Å². The molecule has 1 fully saturated rings. The Bertz CT molecular complexity index is 301. The summed E-state index contributed by atoms with van der Waals surface area (Å²) in [5, 5.41) is 0. The van der Waals surface area contributed by atoms with Gasteiger partial charge in [0.05, 0.1) is 0 Å². The second-order valence-corrected chi connectivity index (χ2v) is 4.83. The summed E-state index contributed by atoms with van der Waals surface area (Å²) in [6.45, 7) is 4.04. The molecule has 0 spiro atoms. The fourth-order valence-electron chi connectivity index (χ4n) is 2.29. The van der Waals surface area contributed by atoms with Gasteiger partial charge in [0.1, 0.15) is 0 Å². The van der Waals surface area contributed by atoms with Crippen LogP contribution in [0.25, 0.3) is 0 Å². The molecule has 2 N–H and O–H groups in total. The van der Waals surface area contributed by atoms with Crippen LogP contribution in [0.15, 0.2) is 30.3 Å². The van der Waals surface area contributed by atoms with E-state index in [0.717, 1.165) is 19.1 Å². The van der Waals surface area contributed by atoms with Gasteiger partial charge in [0.15, 0.2) is 0 Å². The van der Waals surface area contributed by atoms with E-state index in [1.54, 1.807) is 0 Å². The highest BCUT2D eigenvalue weighted by molar-refractivity contribution is 5.15. The maximum absolute atomic E-state index is 5.80. The maximum Gasteiger partial charge on any atom is 0.0240 e. The Kier molecular flexibility index (Phi) is 3.97. The van der Waals surface area contributed by atoms with Crippen molar-refractivity contribution in [3.05, 3.63) is 35.9 Å². The highest BCUT2D eigenvalue weighted by Crippen LogP contribution is 2.27. The predicted octanol–water partition coefficient (Wildman–Crippen LogP) is 2.39. The summed E-state index contributed by atoms with van der Waals surface area (Å²) < 4.78 is 0. The molecule has 1 unspecified atom stereocenters. The van der Waals surface area contributed by atoms with Crippen LogP contribution in [-0.4, -0.2) is 23.5 Å². The normalized spacial score (nSPS) is 18.4. The van der Waals surface area contributed by atoms with Crippen molar-refractivity contribution in [2.24, 2.45) is 5.73 Å². The molecule has 2 heteroatoms. The fourth-order valence-corrected chi connectivity index (χ4v) is 2.29. The van der Waals surface area contributed by atoms with Crippen molar-refractivity contribution in [1.82, 2.24) is 4.90 Å². The molecule has 0 saturated heterocycles. The number of nitrogens with zero attached hydrogens (tertiary/aromatic N) is 1. The number of rotatable bonds is 5. The van der Waals surface area contributed by atoms with Gasteiger partial charge in [-0.15, -0.1) is 0 Å². The molecule has 1 aliphatic carbocycles. The first-order valence-electron chi connectivity index (χ1n) is 6.31. The summed E-state index contributed by atoms with van der Waals surface area (Å²) in [5.74, 6) is 0. The van der Waals surface area contributed by atoms with E-state index >= 15 is 0 Å². The van der Waals surface area contributed by atoms with Crippen molar-refractivity contribution in [2.75, 3.05) is 6.54 Å². The summed E-state index contributed by atoms with van der Waals surface area (Å²) >= 11 is 0. The van der Waals surface area contributed by atoms with E-state index in [1.165, 1.54) is 24.8 Å². The predicted molar refractivity (Wildman–Crippen MR) is 68.1 cm³/mol. The third-order valence-electron chi connectivity index (χ3n) is 3.66. The first kappa shape index (κ1) is 11.6. The van der Waals surface area contributed by atoms with Crippen molar-refractivity contribution in [1.29, 1.82) is 0 Å². The van der Waals surface area contributed by atoms with E-state index < -0.39 is 0 Å². The van der Waals surface area contributed by atoms with Crippen molar-refractivity contribution in [2.45, 2.75) is 44.8 Å². The summed E-state index contributed by atoms with van der Waals surface area (Å²) in [5.41, 5.74) is 7.20. The third-order valence-corrected chi connectivity index (χ3v) is 3.66. The van der Waals surface area contributed by atoms with Crippen LogP contribution in [0.5, 0.6) is 0 Å². The van der Waals surface area contributed by atoms with Gasteiger partial charge in [-0.05, 0) is 25.3 Å². The Morgan fingerprint density at radius 3 is 2.50 bits per heavy atom. The second kappa shape index (κ2) is 5.46. The van der Waals surface area contributed by atoms with Crippen LogP contribution in [0.1, 0.15) is 31.7 Å². The highest BCUT2D eigenvalue weighted by atomic mass is 15.2. The van der Waals surface area contributed by atoms with E-state index in [4.69, 9.17) is 5.73 Å². The monoisotopic (exact) mass is 218 g/mol. The molecule has 2 nitrogen and oxygen atoms in total. The standard InChI is InChI=1S/C14H22N2/c1-12(10-15)16(14-8-5-9-14)11-13-6-3-2-4-7-13/h2-4,6-7,12,14H,5,8-11,15H2,1H3. The smallest absolute Gasteiger partial charge is 0.0240 e. The van der Waals surface area contributed by atoms with Gasteiger partial charge in [-0.2, -0.15) is 0 Å². The molecule has 0 amide bonds. The van der Waals surface area contributed by atoms with Crippen LogP contribution < -0.4 is 5.73 Å². The fraction of sp³-hybridized carbons (Fsp3) is 0.571. The molecule has 88 valence electrons. The highest BCUT2D eigenvalue weighted by Gasteiger charge is 2.27. The average molecular weight is 218 g/mol. The van der Waals surface area contributed by atoms with Crippen molar-refractivity contribution < 1.29 is 0 Å². The summed E-state index contributed by atoms with van der Waals surface area (Å²) in [7, 11) is 0. The van der Waals surface area contributed by atoms with Crippen molar-refractivity contribution >= 4 is 0 Å². The average Bonchev–Trinajstić information content (AvgIpc) is 2.26. The van der Waals surface area contributed by atoms with Crippen LogP contribution in [0.3, 0.4) is 0 Å². The number of hydrogen-bond acceptors (Lipinski definition) is 2. The van der Waals surface area contributed by atoms with Gasteiger partial charge in [-0.3, -0.25) is 4.90 Å². The van der Waals surface area contributed by atoms with E-state index in [-0.39, 0.29) is 0 Å². The van der Waals surface area contributed by atoms with Gasteiger partial charge in [0.2, 0.25) is 0 Å². The van der Waals surface area contributed by atoms with Gasteiger partial charge in [-0.1, -0.05) is 36.8 Å². The van der Waals surface area contributed by atoms with Crippen LogP contribution >= 0.6 is 0 Å². The zero-order valence-electron chi connectivity index (χ0n) is 10.1. The van der Waals surface area contributed by atoms with E-state index in [1.807, 2.05) is 0 Å². The van der Waals surface area contributed by atoms with Crippen LogP contribution in [0, 0.1) is 0 Å². The first-order valence-corrected chi connectivity index (χ1v) is 6.31. The molecule has 1 atom stereocenters. The Morgan fingerprint density at radius 2 is 2.00 bits per heavy atom. The van der Waals surface area contributed by atoms with Crippen molar-refractivity contribution in [3.63, 3.8) is 0 Å². The number of nitrogens with two attached hydrogens (primary N) is 1. The Balaban J connectivity index is 2.01. The molecule has 0 radical (unpaired) electrons. The number of hydrogen-bond donors (Lipinski definition) is 1. The molecule has 16 heavy (non-hydrogen) atoms. The lowest BCUT2D eigenvalue weighted by atomic mass is 9.90. The van der Waals surface area contributed by atoms with E-state index in [9.17, 15) is 0 Å². The Hall–Kier alpha value is -0.860. The Morgan fingerprint density at radius 1 is 1.31 bits per heavy atom. The topological polar surface area (TPSA) is 29.3 Å². The molecule has 1 aliphatic rings. The number of benzene rings is 1.